The largest absolute Gasteiger partial charge is 0.493 e. The Morgan fingerprint density at radius 1 is 1.36 bits per heavy atom. The maximum atomic E-state index is 13.4. The number of nitrogens with zero attached hydrogens (tertiary/aromatic N) is 2. The number of pyridine rings is 1. The molecular weight excluding hydrogens is 409 g/mol. The van der Waals surface area contributed by atoms with Gasteiger partial charge in [0.05, 0.1) is 32.9 Å². The summed E-state index contributed by atoms with van der Waals surface area (Å²) in [6.45, 7) is 2.42. The molecule has 25 heavy (non-hydrogen) atoms. The van der Waals surface area contributed by atoms with Crippen molar-refractivity contribution < 1.29 is 9.13 Å². The summed E-state index contributed by atoms with van der Waals surface area (Å²) in [5.74, 6) is 0.166. The molecule has 0 atom stereocenters. The zero-order valence-electron chi connectivity index (χ0n) is 13.1. The number of hydrogen-bond donors (Lipinski definition) is 1. The summed E-state index contributed by atoms with van der Waals surface area (Å²) in [7, 11) is 0. The predicted octanol–water partition coefficient (Wildman–Crippen LogP) is 5.80. The molecule has 4 nitrogen and oxygen atoms in total. The van der Waals surface area contributed by atoms with Crippen molar-refractivity contribution in [3.8, 4) is 11.8 Å². The van der Waals surface area contributed by atoms with E-state index in [9.17, 15) is 9.65 Å². The number of halogens is 3. The molecule has 0 amide bonds. The molecule has 0 saturated carbocycles. The van der Waals surface area contributed by atoms with Crippen molar-refractivity contribution in [2.45, 2.75) is 6.92 Å². The Morgan fingerprint density at radius 2 is 2.16 bits per heavy atom. The molecule has 3 aromatic rings. The third kappa shape index (κ3) is 3.53. The van der Waals surface area contributed by atoms with Crippen LogP contribution in [0, 0.1) is 17.1 Å². The van der Waals surface area contributed by atoms with Crippen LogP contribution in [0.2, 0.25) is 5.02 Å². The number of benzene rings is 2. The molecule has 1 aromatic heterocycles. The zero-order chi connectivity index (χ0) is 18.0. The molecule has 1 N–H and O–H groups in total. The molecule has 0 spiro atoms. The van der Waals surface area contributed by atoms with Crippen LogP contribution < -0.4 is 10.1 Å². The second kappa shape index (κ2) is 7.26. The van der Waals surface area contributed by atoms with Gasteiger partial charge in [-0.1, -0.05) is 11.6 Å². The Balaban J connectivity index is 2.15. The zero-order valence-corrected chi connectivity index (χ0v) is 15.4. The van der Waals surface area contributed by atoms with Crippen molar-refractivity contribution in [1.82, 2.24) is 4.98 Å². The van der Waals surface area contributed by atoms with Gasteiger partial charge in [0.1, 0.15) is 17.6 Å². The fourth-order valence-electron chi connectivity index (χ4n) is 2.40. The molecule has 0 bridgehead atoms. The number of aromatic nitrogens is 1. The van der Waals surface area contributed by atoms with Crippen molar-refractivity contribution in [3.05, 3.63) is 57.4 Å². The molecule has 0 radical (unpaired) electrons. The first-order valence-corrected chi connectivity index (χ1v) is 8.57. The topological polar surface area (TPSA) is 57.9 Å². The van der Waals surface area contributed by atoms with Gasteiger partial charge in [0.2, 0.25) is 0 Å². The molecule has 1 heterocycles. The van der Waals surface area contributed by atoms with Crippen LogP contribution in [0.1, 0.15) is 12.5 Å². The van der Waals surface area contributed by atoms with E-state index in [2.05, 4.69) is 32.3 Å². The van der Waals surface area contributed by atoms with Gasteiger partial charge in [-0.25, -0.2) is 4.39 Å². The van der Waals surface area contributed by atoms with Crippen LogP contribution in [0.25, 0.3) is 10.9 Å². The average molecular weight is 421 g/mol. The lowest BCUT2D eigenvalue weighted by atomic mass is 10.1. The summed E-state index contributed by atoms with van der Waals surface area (Å²) in [6.07, 6.45) is 1.49. The number of ether oxygens (including phenoxy) is 1. The van der Waals surface area contributed by atoms with Crippen molar-refractivity contribution in [2.24, 2.45) is 0 Å². The normalized spacial score (nSPS) is 10.5. The lowest BCUT2D eigenvalue weighted by molar-refractivity contribution is 0.338. The Kier molecular flexibility index (Phi) is 5.07. The van der Waals surface area contributed by atoms with Crippen LogP contribution in [0.4, 0.5) is 15.8 Å². The molecule has 0 aliphatic carbocycles. The van der Waals surface area contributed by atoms with E-state index in [0.717, 1.165) is 9.86 Å². The maximum Gasteiger partial charge on any atom is 0.141 e. The Labute approximate surface area is 157 Å². The van der Waals surface area contributed by atoms with Crippen LogP contribution in [-0.4, -0.2) is 11.6 Å². The quantitative estimate of drug-likeness (QED) is 0.579. The summed E-state index contributed by atoms with van der Waals surface area (Å²) in [5.41, 5.74) is 2.17. The van der Waals surface area contributed by atoms with Crippen molar-refractivity contribution >= 4 is 49.8 Å². The Hall–Kier alpha value is -2.36. The van der Waals surface area contributed by atoms with E-state index in [1.165, 1.54) is 18.3 Å². The van der Waals surface area contributed by atoms with E-state index in [1.54, 1.807) is 12.1 Å². The van der Waals surface area contributed by atoms with Crippen LogP contribution in [-0.2, 0) is 0 Å². The van der Waals surface area contributed by atoms with E-state index in [0.29, 0.717) is 34.8 Å². The molecule has 7 heteroatoms. The first-order valence-electron chi connectivity index (χ1n) is 7.40. The number of nitrogens with one attached hydrogen (secondary N) is 1. The highest BCUT2D eigenvalue weighted by atomic mass is 79.9. The third-order valence-corrected chi connectivity index (χ3v) is 4.44. The smallest absolute Gasteiger partial charge is 0.141 e. The van der Waals surface area contributed by atoms with E-state index < -0.39 is 5.82 Å². The SMILES string of the molecule is CCOc1cc2ncc(C#N)c(Nc3ccc(F)c(Cl)c3)c2cc1Br. The average Bonchev–Trinajstić information content (AvgIpc) is 2.60. The second-order valence-corrected chi connectivity index (χ2v) is 6.41. The first kappa shape index (κ1) is 17.5. The minimum Gasteiger partial charge on any atom is -0.493 e. The van der Waals surface area contributed by atoms with Crippen molar-refractivity contribution in [3.63, 3.8) is 0 Å². The summed E-state index contributed by atoms with van der Waals surface area (Å²) in [6, 6.07) is 10.0. The molecule has 0 unspecified atom stereocenters. The highest BCUT2D eigenvalue weighted by molar-refractivity contribution is 9.10. The summed E-state index contributed by atoms with van der Waals surface area (Å²) in [4.78, 5) is 4.32. The van der Waals surface area contributed by atoms with Crippen LogP contribution in [0.5, 0.6) is 5.75 Å². The highest BCUT2D eigenvalue weighted by Gasteiger charge is 2.13. The standard InChI is InChI=1S/C18H12BrClFN3O/c1-2-25-17-7-16-12(6-13(17)19)18(10(8-22)9-23-16)24-11-3-4-15(21)14(20)5-11/h3-7,9H,2H2,1H3,(H,23,24). The maximum absolute atomic E-state index is 13.4. The minimum atomic E-state index is -0.503. The molecule has 3 rings (SSSR count). The summed E-state index contributed by atoms with van der Waals surface area (Å²) < 4.78 is 19.7. The summed E-state index contributed by atoms with van der Waals surface area (Å²) in [5, 5.41) is 13.3. The number of rotatable bonds is 4. The molecule has 0 aliphatic heterocycles. The van der Waals surface area contributed by atoms with Gasteiger partial charge in [-0.2, -0.15) is 5.26 Å². The Morgan fingerprint density at radius 3 is 2.84 bits per heavy atom. The Bertz CT molecular complexity index is 1000. The second-order valence-electron chi connectivity index (χ2n) is 5.15. The van der Waals surface area contributed by atoms with Crippen LogP contribution in [0.15, 0.2) is 41.0 Å². The number of anilines is 2. The molecule has 0 aliphatic rings. The first-order chi connectivity index (χ1) is 12.0. The molecule has 0 saturated heterocycles. The monoisotopic (exact) mass is 419 g/mol. The van der Waals surface area contributed by atoms with E-state index in [-0.39, 0.29) is 5.02 Å². The van der Waals surface area contributed by atoms with E-state index >= 15 is 0 Å². The van der Waals surface area contributed by atoms with Gasteiger partial charge >= 0.3 is 0 Å². The van der Waals surface area contributed by atoms with Gasteiger partial charge in [0.15, 0.2) is 0 Å². The van der Waals surface area contributed by atoms with E-state index in [4.69, 9.17) is 16.3 Å². The fourth-order valence-corrected chi connectivity index (χ4v) is 3.04. The molecule has 0 fully saturated rings. The van der Waals surface area contributed by atoms with Gasteiger partial charge in [-0.05, 0) is 47.1 Å². The van der Waals surface area contributed by atoms with E-state index in [1.807, 2.05) is 13.0 Å². The predicted molar refractivity (Wildman–Crippen MR) is 100 cm³/mol. The van der Waals surface area contributed by atoms with Gasteiger partial charge in [0.25, 0.3) is 0 Å². The molecule has 2 aromatic carbocycles. The van der Waals surface area contributed by atoms with Crippen LogP contribution >= 0.6 is 27.5 Å². The molecule has 126 valence electrons. The van der Waals surface area contributed by atoms with Crippen LogP contribution in [0.3, 0.4) is 0 Å². The van der Waals surface area contributed by atoms with Gasteiger partial charge < -0.3 is 10.1 Å². The molecular formula is C18H12BrClFN3O. The highest BCUT2D eigenvalue weighted by Crippen LogP contribution is 2.36. The lowest BCUT2D eigenvalue weighted by Crippen LogP contribution is -1.99. The number of fused-ring (bicyclic) bond motifs is 1. The number of hydrogen-bond acceptors (Lipinski definition) is 4. The lowest BCUT2D eigenvalue weighted by Gasteiger charge is -2.14. The fraction of sp³-hybridized carbons (Fsp3) is 0.111. The van der Waals surface area contributed by atoms with Crippen molar-refractivity contribution in [1.29, 1.82) is 5.26 Å². The number of nitriles is 1. The van der Waals surface area contributed by atoms with Gasteiger partial charge in [-0.3, -0.25) is 4.98 Å². The van der Waals surface area contributed by atoms with Gasteiger partial charge in [0, 0.05) is 23.3 Å². The van der Waals surface area contributed by atoms with Gasteiger partial charge in [-0.15, -0.1) is 0 Å². The third-order valence-electron chi connectivity index (χ3n) is 3.53. The summed E-state index contributed by atoms with van der Waals surface area (Å²) >= 11 is 9.31. The van der Waals surface area contributed by atoms with Crippen molar-refractivity contribution in [2.75, 3.05) is 11.9 Å². The minimum absolute atomic E-state index is 0.00156.